The number of nitrogens with one attached hydrogen (secondary N) is 1. The van der Waals surface area contributed by atoms with E-state index in [-0.39, 0.29) is 16.9 Å². The van der Waals surface area contributed by atoms with Crippen LogP contribution in [0.5, 0.6) is 0 Å². The molecule has 180 valence electrons. The molecule has 0 saturated heterocycles. The predicted octanol–water partition coefficient (Wildman–Crippen LogP) is 6.12. The monoisotopic (exact) mass is 490 g/mol. The molecule has 2 nitrogen and oxygen atoms in total. The fourth-order valence-corrected chi connectivity index (χ4v) is 4.36. The standard InChI is InChI=1S/C13H21NSi.C9H9Cl.C4H13NSi.CH4/c1-3-12-5-7-13(8-6-12)11-14-9-4-10-15-2;1-2-8-3-5-9(7-10)6-4-8;1-6-4-2-3-5;/h3,5-8,14H,1,4,9-11,15H2,2H3;2-6H,1,7H2;2-6H2,1H3;1H4. The summed E-state index contributed by atoms with van der Waals surface area (Å²) in [6.07, 6.45) is 6.29. The molecule has 3 N–H and O–H groups in total. The van der Waals surface area contributed by atoms with Crippen molar-refractivity contribution in [2.75, 3.05) is 13.1 Å². The summed E-state index contributed by atoms with van der Waals surface area (Å²) in [5.41, 5.74) is 10.1. The van der Waals surface area contributed by atoms with Crippen molar-refractivity contribution in [2.24, 2.45) is 5.73 Å². The van der Waals surface area contributed by atoms with Gasteiger partial charge in [-0.15, -0.1) is 11.6 Å². The highest BCUT2D eigenvalue weighted by atomic mass is 35.5. The lowest BCUT2D eigenvalue weighted by molar-refractivity contribution is 0.674. The van der Waals surface area contributed by atoms with Crippen molar-refractivity contribution < 1.29 is 0 Å². The summed E-state index contributed by atoms with van der Waals surface area (Å²) in [7, 11) is 0.587. The van der Waals surface area contributed by atoms with Gasteiger partial charge in [0.15, 0.2) is 0 Å². The molecular weight excluding hydrogens is 444 g/mol. The minimum absolute atomic E-state index is 0. The van der Waals surface area contributed by atoms with Gasteiger partial charge in [-0.3, -0.25) is 0 Å². The Bertz CT molecular complexity index is 669. The highest BCUT2D eigenvalue weighted by molar-refractivity contribution is 6.33. The van der Waals surface area contributed by atoms with Gasteiger partial charge in [0, 0.05) is 31.5 Å². The largest absolute Gasteiger partial charge is 0.330 e. The molecule has 0 bridgehead atoms. The van der Waals surface area contributed by atoms with Crippen LogP contribution in [0.25, 0.3) is 12.2 Å². The van der Waals surface area contributed by atoms with E-state index < -0.39 is 0 Å². The Morgan fingerprint density at radius 1 is 0.844 bits per heavy atom. The zero-order chi connectivity index (χ0) is 23.2. The molecule has 0 aliphatic rings. The molecule has 0 fully saturated rings. The Balaban J connectivity index is 0. The Labute approximate surface area is 208 Å². The second-order valence-electron chi connectivity index (χ2n) is 7.40. The van der Waals surface area contributed by atoms with E-state index in [1.165, 1.54) is 36.1 Å². The third-order valence-corrected chi connectivity index (χ3v) is 7.40. The summed E-state index contributed by atoms with van der Waals surface area (Å²) in [5.74, 6) is 0.581. The molecule has 0 spiro atoms. The molecule has 2 aromatic carbocycles. The van der Waals surface area contributed by atoms with Crippen LogP contribution in [0.15, 0.2) is 61.7 Å². The first-order valence-corrected chi connectivity index (χ1v) is 16.9. The molecule has 0 aromatic heterocycles. The van der Waals surface area contributed by atoms with Crippen molar-refractivity contribution in [3.8, 4) is 0 Å². The van der Waals surface area contributed by atoms with Gasteiger partial charge in [-0.05, 0) is 48.2 Å². The normalized spacial score (nSPS) is 10.1. The second-order valence-corrected chi connectivity index (χ2v) is 11.1. The molecule has 2 rings (SSSR count). The highest BCUT2D eigenvalue weighted by Gasteiger charge is 1.92. The summed E-state index contributed by atoms with van der Waals surface area (Å²) in [5, 5.41) is 3.47. The summed E-state index contributed by atoms with van der Waals surface area (Å²) in [6.45, 7) is 15.1. The van der Waals surface area contributed by atoms with E-state index in [9.17, 15) is 0 Å². The summed E-state index contributed by atoms with van der Waals surface area (Å²) in [6, 6.07) is 19.5. The fraction of sp³-hybridized carbons (Fsp3) is 0.407. The smallest absolute Gasteiger partial charge is 0.0474 e. The maximum atomic E-state index is 5.60. The number of hydrogen-bond donors (Lipinski definition) is 2. The van der Waals surface area contributed by atoms with Crippen LogP contribution in [0.1, 0.15) is 42.5 Å². The molecular formula is C27H47ClN2Si2. The highest BCUT2D eigenvalue weighted by Crippen LogP contribution is 2.07. The van der Waals surface area contributed by atoms with Gasteiger partial charge < -0.3 is 11.1 Å². The molecule has 0 unspecified atom stereocenters. The molecule has 0 radical (unpaired) electrons. The van der Waals surface area contributed by atoms with Gasteiger partial charge >= 0.3 is 0 Å². The number of alkyl halides is 1. The van der Waals surface area contributed by atoms with Crippen molar-refractivity contribution in [1.82, 2.24) is 5.32 Å². The minimum Gasteiger partial charge on any atom is -0.330 e. The van der Waals surface area contributed by atoms with E-state index in [0.29, 0.717) is 15.4 Å². The molecule has 5 heteroatoms. The molecule has 0 heterocycles. The zero-order valence-electron chi connectivity index (χ0n) is 19.7. The van der Waals surface area contributed by atoms with E-state index in [0.717, 1.165) is 30.8 Å². The van der Waals surface area contributed by atoms with Gasteiger partial charge in [0.1, 0.15) is 0 Å². The number of nitrogens with two attached hydrogens (primary N) is 1. The van der Waals surface area contributed by atoms with Crippen LogP contribution in [0.4, 0.5) is 0 Å². The van der Waals surface area contributed by atoms with Crippen LogP contribution < -0.4 is 11.1 Å². The maximum absolute atomic E-state index is 5.60. The van der Waals surface area contributed by atoms with Gasteiger partial charge in [-0.25, -0.2) is 0 Å². The van der Waals surface area contributed by atoms with Crippen molar-refractivity contribution in [1.29, 1.82) is 0 Å². The quantitative estimate of drug-likeness (QED) is 0.213. The molecule has 0 atom stereocenters. The molecule has 0 amide bonds. The lowest BCUT2D eigenvalue weighted by Gasteiger charge is -2.04. The summed E-state index contributed by atoms with van der Waals surface area (Å²) in [4.78, 5) is 0. The first-order chi connectivity index (χ1) is 15.1. The van der Waals surface area contributed by atoms with Crippen LogP contribution in [0, 0.1) is 0 Å². The van der Waals surface area contributed by atoms with Gasteiger partial charge in [0.2, 0.25) is 0 Å². The van der Waals surface area contributed by atoms with Gasteiger partial charge in [0.25, 0.3) is 0 Å². The fourth-order valence-electron chi connectivity index (χ4n) is 2.64. The Kier molecular flexibility index (Phi) is 24.8. The Morgan fingerprint density at radius 3 is 1.69 bits per heavy atom. The first-order valence-electron chi connectivity index (χ1n) is 11.5. The van der Waals surface area contributed by atoms with Crippen LogP contribution in [0.3, 0.4) is 0 Å². The van der Waals surface area contributed by atoms with Crippen molar-refractivity contribution in [2.45, 2.75) is 57.9 Å². The third-order valence-electron chi connectivity index (χ3n) is 4.68. The Hall–Kier alpha value is -1.44. The van der Waals surface area contributed by atoms with Crippen LogP contribution in [-0.2, 0) is 12.4 Å². The second kappa shape index (κ2) is 24.2. The summed E-state index contributed by atoms with van der Waals surface area (Å²) >= 11 is 5.60. The third kappa shape index (κ3) is 18.2. The van der Waals surface area contributed by atoms with Crippen molar-refractivity contribution in [3.63, 3.8) is 0 Å². The van der Waals surface area contributed by atoms with Crippen LogP contribution in [-0.4, -0.2) is 32.1 Å². The van der Waals surface area contributed by atoms with Crippen LogP contribution in [0.2, 0.25) is 25.2 Å². The lowest BCUT2D eigenvalue weighted by atomic mass is 10.1. The van der Waals surface area contributed by atoms with Gasteiger partial charge in [-0.2, -0.15) is 0 Å². The number of hydrogen-bond acceptors (Lipinski definition) is 2. The first kappa shape index (κ1) is 32.7. The predicted molar refractivity (Wildman–Crippen MR) is 158 cm³/mol. The molecule has 0 aliphatic heterocycles. The Morgan fingerprint density at radius 2 is 1.31 bits per heavy atom. The van der Waals surface area contributed by atoms with E-state index in [1.807, 2.05) is 36.4 Å². The average Bonchev–Trinajstić information content (AvgIpc) is 2.84. The number of rotatable bonds is 12. The van der Waals surface area contributed by atoms with Crippen molar-refractivity contribution in [3.05, 3.63) is 83.9 Å². The average molecular weight is 491 g/mol. The molecule has 32 heavy (non-hydrogen) atoms. The van der Waals surface area contributed by atoms with E-state index in [2.05, 4.69) is 55.8 Å². The zero-order valence-corrected chi connectivity index (χ0v) is 23.3. The van der Waals surface area contributed by atoms with E-state index in [4.69, 9.17) is 17.3 Å². The van der Waals surface area contributed by atoms with E-state index in [1.54, 1.807) is 0 Å². The lowest BCUT2D eigenvalue weighted by Crippen LogP contribution is -2.14. The van der Waals surface area contributed by atoms with E-state index >= 15 is 0 Å². The van der Waals surface area contributed by atoms with Gasteiger partial charge in [0.05, 0.1) is 0 Å². The van der Waals surface area contributed by atoms with Crippen LogP contribution >= 0.6 is 11.6 Å². The van der Waals surface area contributed by atoms with Gasteiger partial charge in [-0.1, -0.05) is 106 Å². The SMILES string of the molecule is C.C=Cc1ccc(CCl)cc1.C=Cc1ccc(CNCCC[SiH2]C)cc1.C[SiH2]CCCN. The molecule has 2 aromatic rings. The maximum Gasteiger partial charge on any atom is 0.0474 e. The number of halogens is 1. The minimum atomic E-state index is 0. The number of benzene rings is 2. The topological polar surface area (TPSA) is 38.0 Å². The van der Waals surface area contributed by atoms with Crippen molar-refractivity contribution >= 4 is 42.8 Å². The summed E-state index contributed by atoms with van der Waals surface area (Å²) < 4.78 is 0. The molecule has 0 saturated carbocycles. The molecule has 0 aliphatic carbocycles.